The van der Waals surface area contributed by atoms with Crippen molar-refractivity contribution in [2.45, 2.75) is 25.0 Å². The van der Waals surface area contributed by atoms with Gasteiger partial charge < -0.3 is 10.4 Å². The van der Waals surface area contributed by atoms with E-state index in [9.17, 15) is 4.79 Å². The van der Waals surface area contributed by atoms with Gasteiger partial charge in [-0.25, -0.2) is 0 Å². The molecule has 92 valence electrons. The highest BCUT2D eigenvalue weighted by Gasteiger charge is 2.31. The van der Waals surface area contributed by atoms with Gasteiger partial charge in [0.2, 0.25) is 0 Å². The van der Waals surface area contributed by atoms with Gasteiger partial charge in [0, 0.05) is 19.1 Å². The largest absolute Gasteiger partial charge is 0.480 e. The highest BCUT2D eigenvalue weighted by atomic mass is 16.4. The van der Waals surface area contributed by atoms with Crippen LogP contribution in [0.2, 0.25) is 0 Å². The number of carboxylic acid groups (broad SMARTS) is 1. The molecular formula is C13H18N2O2. The van der Waals surface area contributed by atoms with Crippen molar-refractivity contribution in [3.63, 3.8) is 0 Å². The molecule has 0 amide bonds. The summed E-state index contributed by atoms with van der Waals surface area (Å²) in [5.74, 6) is -0.749. The molecule has 1 saturated heterocycles. The van der Waals surface area contributed by atoms with Gasteiger partial charge in [-0.15, -0.1) is 0 Å². The molecule has 4 nitrogen and oxygen atoms in total. The standard InChI is InChI=1S/C13H18N2O2/c1-15(9-10-5-3-2-4-6-10)11-7-12(13(16)17)14-8-11/h2-6,11-12,14H,7-9H2,1H3,(H,16,17)/t11-,12-/m0/s1. The summed E-state index contributed by atoms with van der Waals surface area (Å²) in [7, 11) is 2.05. The molecule has 4 heteroatoms. The van der Waals surface area contributed by atoms with Crippen LogP contribution in [0.1, 0.15) is 12.0 Å². The predicted octanol–water partition coefficient (Wildman–Crippen LogP) is 0.933. The fourth-order valence-corrected chi connectivity index (χ4v) is 2.24. The molecule has 0 spiro atoms. The van der Waals surface area contributed by atoms with E-state index in [2.05, 4.69) is 22.3 Å². The molecule has 0 aromatic heterocycles. The minimum absolute atomic E-state index is 0.302. The molecule has 0 bridgehead atoms. The summed E-state index contributed by atoms with van der Waals surface area (Å²) in [4.78, 5) is 13.1. The number of rotatable bonds is 4. The molecule has 1 aliphatic rings. The van der Waals surface area contributed by atoms with Gasteiger partial charge in [0.15, 0.2) is 0 Å². The quantitative estimate of drug-likeness (QED) is 0.814. The maximum Gasteiger partial charge on any atom is 0.320 e. The van der Waals surface area contributed by atoms with Crippen LogP contribution in [0.3, 0.4) is 0 Å². The Hall–Kier alpha value is -1.39. The SMILES string of the molecule is CN(Cc1ccccc1)[C@@H]1CN[C@H](C(=O)O)C1. The number of carbonyl (C=O) groups is 1. The summed E-state index contributed by atoms with van der Waals surface area (Å²) in [5.41, 5.74) is 1.26. The van der Waals surface area contributed by atoms with E-state index in [0.29, 0.717) is 12.5 Å². The molecular weight excluding hydrogens is 216 g/mol. The summed E-state index contributed by atoms with van der Waals surface area (Å²) in [6.45, 7) is 1.61. The lowest BCUT2D eigenvalue weighted by Gasteiger charge is -2.23. The first-order valence-electron chi connectivity index (χ1n) is 5.87. The second-order valence-electron chi connectivity index (χ2n) is 4.59. The van der Waals surface area contributed by atoms with Crippen molar-refractivity contribution in [3.05, 3.63) is 35.9 Å². The second kappa shape index (κ2) is 5.29. The molecule has 1 fully saturated rings. The molecule has 2 rings (SSSR count). The number of aliphatic carboxylic acids is 1. The Kier molecular flexibility index (Phi) is 3.76. The van der Waals surface area contributed by atoms with Crippen LogP contribution in [0.4, 0.5) is 0 Å². The summed E-state index contributed by atoms with van der Waals surface area (Å²) in [6, 6.07) is 10.1. The van der Waals surface area contributed by atoms with E-state index >= 15 is 0 Å². The first-order chi connectivity index (χ1) is 8.16. The molecule has 1 aromatic rings. The fraction of sp³-hybridized carbons (Fsp3) is 0.462. The van der Waals surface area contributed by atoms with Gasteiger partial charge in [0.05, 0.1) is 0 Å². The van der Waals surface area contributed by atoms with Gasteiger partial charge in [0.25, 0.3) is 0 Å². The van der Waals surface area contributed by atoms with E-state index < -0.39 is 12.0 Å². The Bertz CT molecular complexity index is 380. The Labute approximate surface area is 101 Å². The highest BCUT2D eigenvalue weighted by molar-refractivity contribution is 5.73. The van der Waals surface area contributed by atoms with Crippen molar-refractivity contribution in [1.29, 1.82) is 0 Å². The van der Waals surface area contributed by atoms with Crippen molar-refractivity contribution in [2.24, 2.45) is 0 Å². The van der Waals surface area contributed by atoms with Crippen LogP contribution in [0.15, 0.2) is 30.3 Å². The van der Waals surface area contributed by atoms with Crippen LogP contribution in [0, 0.1) is 0 Å². The zero-order valence-corrected chi connectivity index (χ0v) is 9.97. The average Bonchev–Trinajstić information content (AvgIpc) is 2.79. The molecule has 1 heterocycles. The Morgan fingerprint density at radius 1 is 1.47 bits per heavy atom. The maximum absolute atomic E-state index is 10.8. The van der Waals surface area contributed by atoms with Crippen LogP contribution in [-0.2, 0) is 11.3 Å². The molecule has 0 radical (unpaired) electrons. The predicted molar refractivity (Wildman–Crippen MR) is 65.7 cm³/mol. The highest BCUT2D eigenvalue weighted by Crippen LogP contribution is 2.15. The van der Waals surface area contributed by atoms with Gasteiger partial charge in [-0.2, -0.15) is 0 Å². The van der Waals surface area contributed by atoms with Crippen LogP contribution in [-0.4, -0.2) is 41.7 Å². The first kappa shape index (κ1) is 12.1. The molecule has 2 N–H and O–H groups in total. The van der Waals surface area contributed by atoms with Crippen molar-refractivity contribution in [3.8, 4) is 0 Å². The van der Waals surface area contributed by atoms with Crippen molar-refractivity contribution >= 4 is 5.97 Å². The lowest BCUT2D eigenvalue weighted by Crippen LogP contribution is -2.32. The number of benzene rings is 1. The topological polar surface area (TPSA) is 52.6 Å². The van der Waals surface area contributed by atoms with Gasteiger partial charge in [-0.1, -0.05) is 30.3 Å². The van der Waals surface area contributed by atoms with E-state index in [1.807, 2.05) is 25.2 Å². The van der Waals surface area contributed by atoms with E-state index in [1.165, 1.54) is 5.56 Å². The smallest absolute Gasteiger partial charge is 0.320 e. The van der Waals surface area contributed by atoms with Crippen molar-refractivity contribution in [2.75, 3.05) is 13.6 Å². The Morgan fingerprint density at radius 2 is 2.18 bits per heavy atom. The molecule has 1 aliphatic heterocycles. The van der Waals surface area contributed by atoms with Crippen LogP contribution < -0.4 is 5.32 Å². The number of nitrogens with one attached hydrogen (secondary N) is 1. The van der Waals surface area contributed by atoms with E-state index in [1.54, 1.807) is 0 Å². The number of hydrogen-bond donors (Lipinski definition) is 2. The third-order valence-electron chi connectivity index (χ3n) is 3.30. The van der Waals surface area contributed by atoms with Crippen LogP contribution >= 0.6 is 0 Å². The van der Waals surface area contributed by atoms with Crippen molar-refractivity contribution < 1.29 is 9.90 Å². The van der Waals surface area contributed by atoms with E-state index in [4.69, 9.17) is 5.11 Å². The molecule has 2 atom stereocenters. The molecule has 0 aliphatic carbocycles. The van der Waals surface area contributed by atoms with Gasteiger partial charge >= 0.3 is 5.97 Å². The summed E-state index contributed by atoms with van der Waals surface area (Å²) in [6.07, 6.45) is 0.679. The third kappa shape index (κ3) is 3.05. The van der Waals surface area contributed by atoms with Gasteiger partial charge in [-0.05, 0) is 19.0 Å². The average molecular weight is 234 g/mol. The normalized spacial score (nSPS) is 24.1. The fourth-order valence-electron chi connectivity index (χ4n) is 2.24. The minimum atomic E-state index is -0.749. The van der Waals surface area contributed by atoms with Crippen molar-refractivity contribution in [1.82, 2.24) is 10.2 Å². The molecule has 17 heavy (non-hydrogen) atoms. The monoisotopic (exact) mass is 234 g/mol. The maximum atomic E-state index is 10.8. The van der Waals surface area contributed by atoms with Crippen LogP contribution in [0.5, 0.6) is 0 Å². The molecule has 1 aromatic carbocycles. The summed E-state index contributed by atoms with van der Waals surface area (Å²) >= 11 is 0. The zero-order chi connectivity index (χ0) is 12.3. The van der Waals surface area contributed by atoms with Gasteiger partial charge in [-0.3, -0.25) is 9.69 Å². The number of likely N-dealkylation sites (N-methyl/N-ethyl adjacent to an activating group) is 1. The summed E-state index contributed by atoms with van der Waals surface area (Å²) < 4.78 is 0. The zero-order valence-electron chi connectivity index (χ0n) is 9.97. The second-order valence-corrected chi connectivity index (χ2v) is 4.59. The number of carboxylic acids is 1. The van der Waals surface area contributed by atoms with E-state index in [-0.39, 0.29) is 0 Å². The van der Waals surface area contributed by atoms with Gasteiger partial charge in [0.1, 0.15) is 6.04 Å². The Balaban J connectivity index is 1.89. The lowest BCUT2D eigenvalue weighted by molar-refractivity contribution is -0.139. The lowest BCUT2D eigenvalue weighted by atomic mass is 10.1. The van der Waals surface area contributed by atoms with E-state index in [0.717, 1.165) is 13.1 Å². The number of nitrogens with zero attached hydrogens (tertiary/aromatic N) is 1. The summed E-state index contributed by atoms with van der Waals surface area (Å²) in [5, 5.41) is 12.0. The molecule has 0 unspecified atom stereocenters. The Morgan fingerprint density at radius 3 is 2.76 bits per heavy atom. The van der Waals surface area contributed by atoms with Crippen LogP contribution in [0.25, 0.3) is 0 Å². The first-order valence-corrected chi connectivity index (χ1v) is 5.87. The minimum Gasteiger partial charge on any atom is -0.480 e. The molecule has 0 saturated carbocycles. The third-order valence-corrected chi connectivity index (χ3v) is 3.30. The number of hydrogen-bond acceptors (Lipinski definition) is 3.